The van der Waals surface area contributed by atoms with Gasteiger partial charge in [0.1, 0.15) is 11.8 Å². The standard InChI is InChI=1S/C11H15NO3S/c1-15-9-4-3-5-10(16-2)7(9)6-8(12)11(13)14/h3-5,8H,6,12H2,1-2H3,(H,13,14). The molecule has 0 spiro atoms. The van der Waals surface area contributed by atoms with Crippen molar-refractivity contribution in [2.45, 2.75) is 17.4 Å². The fourth-order valence-corrected chi connectivity index (χ4v) is 2.08. The minimum atomic E-state index is -1.00. The lowest BCUT2D eigenvalue weighted by atomic mass is 10.1. The maximum atomic E-state index is 10.7. The smallest absolute Gasteiger partial charge is 0.320 e. The molecule has 4 nitrogen and oxygen atoms in total. The van der Waals surface area contributed by atoms with E-state index in [-0.39, 0.29) is 6.42 Å². The number of methoxy groups -OCH3 is 1. The van der Waals surface area contributed by atoms with Gasteiger partial charge in [0.15, 0.2) is 0 Å². The lowest BCUT2D eigenvalue weighted by molar-refractivity contribution is -0.138. The third-order valence-corrected chi connectivity index (χ3v) is 3.09. The normalized spacial score (nSPS) is 12.2. The molecule has 1 aromatic rings. The van der Waals surface area contributed by atoms with Crippen molar-refractivity contribution in [3.63, 3.8) is 0 Å². The Morgan fingerprint density at radius 3 is 2.81 bits per heavy atom. The SMILES string of the molecule is COc1cccc(SC)c1CC(N)C(=O)O. The number of rotatable bonds is 5. The van der Waals surface area contributed by atoms with Gasteiger partial charge < -0.3 is 15.6 Å². The van der Waals surface area contributed by atoms with Crippen LogP contribution in [0.4, 0.5) is 0 Å². The van der Waals surface area contributed by atoms with Gasteiger partial charge in [-0.2, -0.15) is 0 Å². The van der Waals surface area contributed by atoms with Crippen LogP contribution in [0.5, 0.6) is 5.75 Å². The van der Waals surface area contributed by atoms with Crippen molar-refractivity contribution in [2.75, 3.05) is 13.4 Å². The van der Waals surface area contributed by atoms with Gasteiger partial charge in [0, 0.05) is 16.9 Å². The Hall–Kier alpha value is -1.20. The molecule has 0 aliphatic rings. The first kappa shape index (κ1) is 12.9. The molecule has 0 saturated heterocycles. The summed E-state index contributed by atoms with van der Waals surface area (Å²) in [6, 6.07) is 4.71. The van der Waals surface area contributed by atoms with Crippen LogP contribution in [0.2, 0.25) is 0 Å². The number of carbonyl (C=O) groups is 1. The van der Waals surface area contributed by atoms with E-state index in [0.29, 0.717) is 5.75 Å². The fraction of sp³-hybridized carbons (Fsp3) is 0.364. The molecule has 1 unspecified atom stereocenters. The average molecular weight is 241 g/mol. The molecular weight excluding hydrogens is 226 g/mol. The summed E-state index contributed by atoms with van der Waals surface area (Å²) in [4.78, 5) is 11.7. The molecule has 16 heavy (non-hydrogen) atoms. The molecular formula is C11H15NO3S. The number of nitrogens with two attached hydrogens (primary N) is 1. The van der Waals surface area contributed by atoms with Crippen LogP contribution in [0, 0.1) is 0 Å². The van der Waals surface area contributed by atoms with Gasteiger partial charge in [0.2, 0.25) is 0 Å². The number of aliphatic carboxylic acids is 1. The first-order valence-corrected chi connectivity index (χ1v) is 6.01. The predicted octanol–water partition coefficient (Wildman–Crippen LogP) is 1.37. The van der Waals surface area contributed by atoms with Gasteiger partial charge in [-0.15, -0.1) is 11.8 Å². The highest BCUT2D eigenvalue weighted by molar-refractivity contribution is 7.98. The number of benzene rings is 1. The molecule has 0 bridgehead atoms. The molecule has 1 rings (SSSR count). The number of thioether (sulfide) groups is 1. The zero-order chi connectivity index (χ0) is 12.1. The Morgan fingerprint density at radius 2 is 2.31 bits per heavy atom. The molecule has 1 atom stereocenters. The van der Waals surface area contributed by atoms with E-state index in [2.05, 4.69) is 0 Å². The highest BCUT2D eigenvalue weighted by Crippen LogP contribution is 2.29. The largest absolute Gasteiger partial charge is 0.496 e. The van der Waals surface area contributed by atoms with E-state index >= 15 is 0 Å². The number of hydrogen-bond donors (Lipinski definition) is 2. The molecule has 0 radical (unpaired) electrons. The van der Waals surface area contributed by atoms with Crippen LogP contribution in [0.25, 0.3) is 0 Å². The van der Waals surface area contributed by atoms with Crippen molar-refractivity contribution < 1.29 is 14.6 Å². The first-order chi connectivity index (χ1) is 7.60. The Bertz CT molecular complexity index is 359. The molecule has 0 heterocycles. The topological polar surface area (TPSA) is 72.5 Å². The Kier molecular flexibility index (Phi) is 4.64. The van der Waals surface area contributed by atoms with E-state index in [4.69, 9.17) is 15.6 Å². The molecule has 0 saturated carbocycles. The van der Waals surface area contributed by atoms with Crippen LogP contribution in [-0.4, -0.2) is 30.5 Å². The number of carboxylic acids is 1. The van der Waals surface area contributed by atoms with Crippen LogP contribution in [0.3, 0.4) is 0 Å². The minimum absolute atomic E-state index is 0.273. The quantitative estimate of drug-likeness (QED) is 0.762. The van der Waals surface area contributed by atoms with Crippen molar-refractivity contribution in [1.29, 1.82) is 0 Å². The zero-order valence-electron chi connectivity index (χ0n) is 9.27. The molecule has 0 aromatic heterocycles. The maximum absolute atomic E-state index is 10.7. The average Bonchev–Trinajstić information content (AvgIpc) is 2.29. The van der Waals surface area contributed by atoms with Gasteiger partial charge in [0.05, 0.1) is 7.11 Å². The van der Waals surface area contributed by atoms with E-state index in [1.54, 1.807) is 18.9 Å². The van der Waals surface area contributed by atoms with Crippen molar-refractivity contribution in [3.05, 3.63) is 23.8 Å². The number of ether oxygens (including phenoxy) is 1. The molecule has 5 heteroatoms. The van der Waals surface area contributed by atoms with Crippen molar-refractivity contribution in [3.8, 4) is 5.75 Å². The van der Waals surface area contributed by atoms with Gasteiger partial charge in [-0.1, -0.05) is 6.07 Å². The Labute approximate surface area is 98.8 Å². The molecule has 1 aromatic carbocycles. The summed E-state index contributed by atoms with van der Waals surface area (Å²) in [5.41, 5.74) is 6.39. The Morgan fingerprint density at radius 1 is 1.62 bits per heavy atom. The van der Waals surface area contributed by atoms with Gasteiger partial charge in [-0.05, 0) is 18.4 Å². The van der Waals surface area contributed by atoms with Crippen LogP contribution in [0.15, 0.2) is 23.1 Å². The maximum Gasteiger partial charge on any atom is 0.320 e. The highest BCUT2D eigenvalue weighted by Gasteiger charge is 2.17. The van der Waals surface area contributed by atoms with Crippen LogP contribution in [-0.2, 0) is 11.2 Å². The van der Waals surface area contributed by atoms with Gasteiger partial charge >= 0.3 is 5.97 Å². The minimum Gasteiger partial charge on any atom is -0.496 e. The van der Waals surface area contributed by atoms with Crippen molar-refractivity contribution >= 4 is 17.7 Å². The monoisotopic (exact) mass is 241 g/mol. The van der Waals surface area contributed by atoms with Gasteiger partial charge in [-0.25, -0.2) is 0 Å². The van der Waals surface area contributed by atoms with Crippen molar-refractivity contribution in [1.82, 2.24) is 0 Å². The summed E-state index contributed by atoms with van der Waals surface area (Å²) in [6.45, 7) is 0. The first-order valence-electron chi connectivity index (χ1n) is 4.78. The van der Waals surface area contributed by atoms with E-state index in [0.717, 1.165) is 10.5 Å². The number of hydrogen-bond acceptors (Lipinski definition) is 4. The predicted molar refractivity (Wildman–Crippen MR) is 64.1 cm³/mol. The van der Waals surface area contributed by atoms with E-state index in [1.165, 1.54) is 0 Å². The van der Waals surface area contributed by atoms with Gasteiger partial charge in [0.25, 0.3) is 0 Å². The zero-order valence-corrected chi connectivity index (χ0v) is 10.1. The van der Waals surface area contributed by atoms with E-state index in [1.807, 2.05) is 24.5 Å². The molecule has 0 amide bonds. The molecule has 0 fully saturated rings. The molecule has 0 aliphatic carbocycles. The van der Waals surface area contributed by atoms with Crippen LogP contribution < -0.4 is 10.5 Å². The third-order valence-electron chi connectivity index (χ3n) is 2.27. The Balaban J connectivity index is 3.04. The second-order valence-corrected chi connectivity index (χ2v) is 4.14. The van der Waals surface area contributed by atoms with Crippen molar-refractivity contribution in [2.24, 2.45) is 5.73 Å². The van der Waals surface area contributed by atoms with Gasteiger partial charge in [-0.3, -0.25) is 4.79 Å². The number of carboxylic acid groups (broad SMARTS) is 1. The van der Waals surface area contributed by atoms with E-state index in [9.17, 15) is 4.79 Å². The molecule has 88 valence electrons. The summed E-state index contributed by atoms with van der Waals surface area (Å²) < 4.78 is 5.21. The second kappa shape index (κ2) is 5.77. The molecule has 0 aliphatic heterocycles. The molecule has 3 N–H and O–H groups in total. The lowest BCUT2D eigenvalue weighted by Crippen LogP contribution is -2.32. The summed E-state index contributed by atoms with van der Waals surface area (Å²) >= 11 is 1.55. The van der Waals surface area contributed by atoms with E-state index < -0.39 is 12.0 Å². The third kappa shape index (κ3) is 2.90. The lowest BCUT2D eigenvalue weighted by Gasteiger charge is -2.14. The second-order valence-electron chi connectivity index (χ2n) is 3.29. The summed E-state index contributed by atoms with van der Waals surface area (Å²) in [7, 11) is 1.56. The van der Waals surface area contributed by atoms with Crippen LogP contribution in [0.1, 0.15) is 5.56 Å². The summed E-state index contributed by atoms with van der Waals surface area (Å²) in [5, 5.41) is 8.80. The summed E-state index contributed by atoms with van der Waals surface area (Å²) in [5.74, 6) is -0.318. The summed E-state index contributed by atoms with van der Waals surface area (Å²) in [6.07, 6.45) is 2.21. The van der Waals surface area contributed by atoms with Crippen LogP contribution >= 0.6 is 11.8 Å². The fourth-order valence-electron chi connectivity index (χ4n) is 1.44. The highest BCUT2D eigenvalue weighted by atomic mass is 32.2.